The van der Waals surface area contributed by atoms with Gasteiger partial charge in [-0.15, -0.1) is 0 Å². The Bertz CT molecular complexity index is 687. The van der Waals surface area contributed by atoms with Crippen molar-refractivity contribution in [3.63, 3.8) is 0 Å². The van der Waals surface area contributed by atoms with E-state index in [0.29, 0.717) is 10.2 Å². The number of aromatic amines is 1. The van der Waals surface area contributed by atoms with E-state index in [9.17, 15) is 0 Å². The number of hydrogen-bond donors (Lipinski definition) is 1. The van der Waals surface area contributed by atoms with Crippen LogP contribution in [0.1, 0.15) is 5.56 Å². The second-order valence-corrected chi connectivity index (χ2v) is 4.27. The molecule has 106 valence electrons. The van der Waals surface area contributed by atoms with Gasteiger partial charge < -0.3 is 46.6 Å². The van der Waals surface area contributed by atoms with Crippen LogP contribution in [0.2, 0.25) is 0 Å². The summed E-state index contributed by atoms with van der Waals surface area (Å²) in [5.41, 5.74) is 2.54. The molecule has 3 aromatic rings. The van der Waals surface area contributed by atoms with E-state index in [2.05, 4.69) is 4.98 Å². The molecular weight excluding hydrogens is 308 g/mol. The Balaban J connectivity index is 0.000000283. The van der Waals surface area contributed by atoms with Gasteiger partial charge in [-0.25, -0.2) is 12.1 Å². The average Bonchev–Trinajstić information content (AvgIpc) is 3.14. The van der Waals surface area contributed by atoms with E-state index in [-0.39, 0.29) is 17.1 Å². The molecule has 0 aliphatic carbocycles. The largest absolute Gasteiger partial charge is 0.666 e. The Hall–Kier alpha value is -1.92. The predicted molar refractivity (Wildman–Crippen MR) is 79.4 cm³/mol. The normalized spacial score (nSPS) is 8.75. The Morgan fingerprint density at radius 2 is 1.80 bits per heavy atom. The third kappa shape index (κ3) is 4.32. The van der Waals surface area contributed by atoms with E-state index < -0.39 is 0 Å². The number of H-pyrrole nitrogens is 1. The van der Waals surface area contributed by atoms with Gasteiger partial charge in [0.05, 0.1) is 16.3 Å². The van der Waals surface area contributed by atoms with Crippen molar-refractivity contribution >= 4 is 12.2 Å². The van der Waals surface area contributed by atoms with Crippen molar-refractivity contribution in [3.8, 4) is 17.3 Å². The van der Waals surface area contributed by atoms with Crippen molar-refractivity contribution < 1.29 is 17.1 Å². The summed E-state index contributed by atoms with van der Waals surface area (Å²) in [7, 11) is 0. The number of hydrogen-bond acceptors (Lipinski definition) is 2. The summed E-state index contributed by atoms with van der Waals surface area (Å²) in [6.45, 7) is 0. The number of nitrogens with one attached hydrogen (secondary N) is 1. The first kappa shape index (κ1) is 16.1. The monoisotopic (exact) mass is 320 g/mol. The predicted octanol–water partition coefficient (Wildman–Crippen LogP) is 4.40. The fraction of sp³-hybridized carbons (Fsp3) is 0. The molecule has 0 bridgehead atoms. The minimum absolute atomic E-state index is 0. The van der Waals surface area contributed by atoms with Crippen LogP contribution >= 0.6 is 12.2 Å². The average molecular weight is 320 g/mol. The van der Waals surface area contributed by atoms with Gasteiger partial charge in [0, 0.05) is 17.1 Å². The summed E-state index contributed by atoms with van der Waals surface area (Å²) in [5, 5.41) is 8.70. The Kier molecular flexibility index (Phi) is 6.69. The van der Waals surface area contributed by atoms with Crippen LogP contribution in [0.5, 0.6) is 0 Å². The topological polar surface area (TPSA) is 39.6 Å². The molecule has 0 radical (unpaired) electrons. The van der Waals surface area contributed by atoms with Crippen molar-refractivity contribution in [1.29, 1.82) is 5.26 Å². The van der Waals surface area contributed by atoms with E-state index in [1.165, 1.54) is 0 Å². The van der Waals surface area contributed by atoms with E-state index in [0.717, 1.165) is 11.3 Å². The van der Waals surface area contributed by atoms with E-state index >= 15 is 0 Å². The molecule has 0 spiro atoms. The molecule has 4 heteroatoms. The Morgan fingerprint density at radius 1 is 1.15 bits per heavy atom. The van der Waals surface area contributed by atoms with Gasteiger partial charge in [0.2, 0.25) is 0 Å². The molecule has 20 heavy (non-hydrogen) atoms. The maximum Gasteiger partial charge on any atom is 0.0998 e. The van der Waals surface area contributed by atoms with E-state index in [1.807, 2.05) is 66.7 Å². The number of nitrogens with zero attached hydrogens (tertiary/aromatic N) is 1. The van der Waals surface area contributed by atoms with Gasteiger partial charge in [-0.05, 0) is 0 Å². The summed E-state index contributed by atoms with van der Waals surface area (Å²) in [6, 6.07) is 23.5. The second kappa shape index (κ2) is 8.29. The molecule has 0 atom stereocenters. The van der Waals surface area contributed by atoms with Gasteiger partial charge in [0.1, 0.15) is 0 Å². The summed E-state index contributed by atoms with van der Waals surface area (Å²) >= 11 is 5.03. The summed E-state index contributed by atoms with van der Waals surface area (Å²) < 4.78 is 0.492. The zero-order chi connectivity index (χ0) is 13.5. The standard InChI is InChI=1S/C11H7N2S.C5H5.Fe/c12-7-9-5-6-10(13-11(9)14)8-3-1-2-4-8;1-2-4-5-3-1;/h1-6H,(H,13,14);1-5H;/q-5;-1;. The van der Waals surface area contributed by atoms with Crippen LogP contribution in [-0.4, -0.2) is 4.98 Å². The minimum Gasteiger partial charge on any atom is -0.666 e. The molecule has 0 fully saturated rings. The minimum atomic E-state index is 0. The zero-order valence-electron chi connectivity index (χ0n) is 10.6. The summed E-state index contributed by atoms with van der Waals surface area (Å²) in [6.07, 6.45) is 0. The molecular formula is C16H12FeN2S-6. The smallest absolute Gasteiger partial charge is 0.0998 e. The Morgan fingerprint density at radius 3 is 2.25 bits per heavy atom. The molecule has 1 aromatic heterocycles. The molecule has 2 nitrogen and oxygen atoms in total. The first-order chi connectivity index (χ1) is 9.31. The van der Waals surface area contributed by atoms with Crippen LogP contribution in [0.25, 0.3) is 11.3 Å². The van der Waals surface area contributed by atoms with Crippen molar-refractivity contribution in [2.75, 3.05) is 0 Å². The van der Waals surface area contributed by atoms with Gasteiger partial charge >= 0.3 is 0 Å². The van der Waals surface area contributed by atoms with Crippen LogP contribution < -0.4 is 0 Å². The van der Waals surface area contributed by atoms with Gasteiger partial charge in [-0.1, -0.05) is 12.2 Å². The van der Waals surface area contributed by atoms with Gasteiger partial charge in [0.25, 0.3) is 0 Å². The molecule has 0 aliphatic heterocycles. The first-order valence-corrected chi connectivity index (χ1v) is 6.24. The number of rotatable bonds is 1. The molecule has 0 aliphatic rings. The van der Waals surface area contributed by atoms with Crippen LogP contribution in [0.3, 0.4) is 0 Å². The number of nitriles is 1. The zero-order valence-corrected chi connectivity index (χ0v) is 12.5. The molecule has 0 amide bonds. The second-order valence-electron chi connectivity index (χ2n) is 3.86. The molecule has 0 saturated heterocycles. The van der Waals surface area contributed by atoms with Gasteiger partial charge in [-0.2, -0.15) is 29.5 Å². The van der Waals surface area contributed by atoms with Crippen molar-refractivity contribution in [2.24, 2.45) is 0 Å². The van der Waals surface area contributed by atoms with Crippen molar-refractivity contribution in [1.82, 2.24) is 4.98 Å². The van der Waals surface area contributed by atoms with Gasteiger partial charge in [-0.3, -0.25) is 0 Å². The van der Waals surface area contributed by atoms with Crippen LogP contribution in [0.4, 0.5) is 0 Å². The number of pyridine rings is 1. The molecule has 2 aromatic carbocycles. The summed E-state index contributed by atoms with van der Waals surface area (Å²) in [4.78, 5) is 3.02. The first-order valence-electron chi connectivity index (χ1n) is 5.83. The fourth-order valence-electron chi connectivity index (χ4n) is 1.60. The number of aromatic nitrogens is 1. The van der Waals surface area contributed by atoms with Crippen molar-refractivity contribution in [2.45, 2.75) is 0 Å². The summed E-state index contributed by atoms with van der Waals surface area (Å²) in [5.74, 6) is 0. The third-order valence-corrected chi connectivity index (χ3v) is 2.88. The SMILES string of the molecule is N#Cc1ccc(-[c-]2[cH-][cH-][cH-][cH-]2)[nH]c1=S.[Fe].c1cc[cH-]c1. The molecule has 0 saturated carbocycles. The molecule has 1 N–H and O–H groups in total. The molecule has 3 rings (SSSR count). The molecule has 0 unspecified atom stereocenters. The Labute approximate surface area is 133 Å². The van der Waals surface area contributed by atoms with E-state index in [4.69, 9.17) is 17.5 Å². The van der Waals surface area contributed by atoms with Crippen LogP contribution in [0.15, 0.2) is 66.7 Å². The maximum atomic E-state index is 8.70. The van der Waals surface area contributed by atoms with Crippen LogP contribution in [0, 0.1) is 16.0 Å². The van der Waals surface area contributed by atoms with Gasteiger partial charge in [0.15, 0.2) is 0 Å². The fourth-order valence-corrected chi connectivity index (χ4v) is 1.83. The van der Waals surface area contributed by atoms with E-state index in [1.54, 1.807) is 6.07 Å². The van der Waals surface area contributed by atoms with Crippen molar-refractivity contribution in [3.05, 3.63) is 76.9 Å². The maximum absolute atomic E-state index is 8.70. The quantitative estimate of drug-likeness (QED) is 0.410. The van der Waals surface area contributed by atoms with Crippen LogP contribution in [-0.2, 0) is 17.1 Å². The third-order valence-electron chi connectivity index (χ3n) is 2.56. The molecule has 1 heterocycles.